The van der Waals surface area contributed by atoms with Crippen molar-refractivity contribution in [2.24, 2.45) is 0 Å². The van der Waals surface area contributed by atoms with Crippen molar-refractivity contribution in [1.29, 1.82) is 5.26 Å². The van der Waals surface area contributed by atoms with Crippen LogP contribution in [0.1, 0.15) is 24.6 Å². The number of pyridine rings is 1. The fraction of sp³-hybridized carbons (Fsp3) is 0.300. The van der Waals surface area contributed by atoms with Gasteiger partial charge in [0.15, 0.2) is 11.5 Å². The second kappa shape index (κ2) is 7.65. The van der Waals surface area contributed by atoms with Crippen LogP contribution in [-0.2, 0) is 0 Å². The van der Waals surface area contributed by atoms with Gasteiger partial charge in [-0.1, -0.05) is 12.6 Å². The molecule has 152 valence electrons. The second-order valence-corrected chi connectivity index (χ2v) is 8.66. The van der Waals surface area contributed by atoms with Crippen LogP contribution < -0.4 is 5.56 Å². The highest BCUT2D eigenvalue weighted by Gasteiger charge is 2.26. The van der Waals surface area contributed by atoms with E-state index in [0.717, 1.165) is 36.1 Å². The molecule has 0 saturated carbocycles. The van der Waals surface area contributed by atoms with Gasteiger partial charge in [-0.05, 0) is 31.9 Å². The van der Waals surface area contributed by atoms with Crippen LogP contribution in [0.25, 0.3) is 26.3 Å². The van der Waals surface area contributed by atoms with Crippen LogP contribution in [0.2, 0.25) is 12.6 Å². The van der Waals surface area contributed by atoms with E-state index in [-0.39, 0.29) is 23.0 Å². The maximum absolute atomic E-state index is 14.5. The fourth-order valence-electron chi connectivity index (χ4n) is 4.12. The van der Waals surface area contributed by atoms with Gasteiger partial charge in [-0.15, -0.1) is 11.3 Å². The molecular formula is C20H18BF2N5OS. The zero-order valence-corrected chi connectivity index (χ0v) is 17.0. The zero-order chi connectivity index (χ0) is 20.1. The topological polar surface area (TPSA) is 76.0 Å². The Morgan fingerprint density at radius 1 is 1.30 bits per heavy atom. The number of thiophene rings is 1. The minimum absolute atomic E-state index is 0. The lowest BCUT2D eigenvalue weighted by Gasteiger charge is -2.24. The highest BCUT2D eigenvalue weighted by Crippen LogP contribution is 2.33. The molecule has 4 aromatic rings. The number of nitriles is 1. The van der Waals surface area contributed by atoms with E-state index in [2.05, 4.69) is 15.9 Å². The van der Waals surface area contributed by atoms with E-state index in [1.807, 2.05) is 19.2 Å². The van der Waals surface area contributed by atoms with E-state index in [9.17, 15) is 9.18 Å². The molecule has 1 aliphatic heterocycles. The third-order valence-electron chi connectivity index (χ3n) is 5.65. The number of hydrogen-bond acceptors (Lipinski definition) is 5. The summed E-state index contributed by atoms with van der Waals surface area (Å²) >= 11 is 1.34. The van der Waals surface area contributed by atoms with Gasteiger partial charge in [-0.3, -0.25) is 14.1 Å². The fourth-order valence-corrected chi connectivity index (χ4v) is 5.15. The number of hydrogen-bond donors (Lipinski definition) is 0. The Morgan fingerprint density at radius 2 is 2.07 bits per heavy atom. The van der Waals surface area contributed by atoms with Crippen LogP contribution in [0.4, 0.5) is 9.09 Å². The van der Waals surface area contributed by atoms with Gasteiger partial charge < -0.3 is 4.40 Å². The molecule has 0 unspecified atom stereocenters. The standard InChI is InChI=1S/C20H17BFN5OS.FH/c1-12-8-26-9-13(6-15(22)19(26)25-12)17-7-16-18(29-17)20(28)27(11-24-16)14-2-4-21(10-23)5-3-14;/h6-9,11,14H,2-5H2,1H3;1H. The molecule has 1 aliphatic rings. The highest BCUT2D eigenvalue weighted by atomic mass is 32.1. The minimum Gasteiger partial charge on any atom is -0.304 e. The van der Waals surface area contributed by atoms with Crippen molar-refractivity contribution in [2.45, 2.75) is 38.4 Å². The van der Waals surface area contributed by atoms with Crippen LogP contribution in [-0.4, -0.2) is 25.6 Å². The molecule has 0 atom stereocenters. The summed E-state index contributed by atoms with van der Waals surface area (Å²) in [6.07, 6.45) is 8.46. The van der Waals surface area contributed by atoms with Crippen molar-refractivity contribution in [3.05, 3.63) is 52.7 Å². The van der Waals surface area contributed by atoms with Gasteiger partial charge in [-0.25, -0.2) is 19.6 Å². The average Bonchev–Trinajstić information content (AvgIpc) is 3.32. The van der Waals surface area contributed by atoms with E-state index >= 15 is 0 Å². The summed E-state index contributed by atoms with van der Waals surface area (Å²) in [6.45, 7) is 1.91. The van der Waals surface area contributed by atoms with Gasteiger partial charge in [0.05, 0.1) is 17.5 Å². The molecule has 1 fully saturated rings. The third kappa shape index (κ3) is 3.29. The number of imidazole rings is 1. The molecule has 10 heteroatoms. The summed E-state index contributed by atoms with van der Waals surface area (Å²) < 4.78 is 18.4. The third-order valence-corrected chi connectivity index (χ3v) is 6.81. The first-order valence-electron chi connectivity index (χ1n) is 9.59. The first kappa shape index (κ1) is 20.2. The van der Waals surface area contributed by atoms with E-state index in [4.69, 9.17) is 5.26 Å². The van der Waals surface area contributed by atoms with Crippen LogP contribution >= 0.6 is 11.3 Å². The van der Waals surface area contributed by atoms with Gasteiger partial charge in [0, 0.05) is 34.8 Å². The van der Waals surface area contributed by atoms with Gasteiger partial charge >= 0.3 is 0 Å². The number of fused-ring (bicyclic) bond motifs is 2. The van der Waals surface area contributed by atoms with E-state index in [1.54, 1.807) is 21.5 Å². The summed E-state index contributed by atoms with van der Waals surface area (Å²) in [4.78, 5) is 22.6. The average molecular weight is 425 g/mol. The predicted octanol–water partition coefficient (Wildman–Crippen LogP) is 4.27. The molecule has 30 heavy (non-hydrogen) atoms. The Morgan fingerprint density at radius 3 is 2.80 bits per heavy atom. The van der Waals surface area contributed by atoms with Crippen molar-refractivity contribution < 1.29 is 9.09 Å². The van der Waals surface area contributed by atoms with Crippen molar-refractivity contribution >= 4 is 33.9 Å². The molecule has 0 amide bonds. The molecule has 0 spiro atoms. The largest absolute Gasteiger partial charge is 0.304 e. The maximum Gasteiger partial charge on any atom is 0.271 e. The lowest BCUT2D eigenvalue weighted by atomic mass is 9.42. The van der Waals surface area contributed by atoms with E-state index in [0.29, 0.717) is 21.4 Å². The van der Waals surface area contributed by atoms with Crippen LogP contribution in [0.15, 0.2) is 35.6 Å². The monoisotopic (exact) mass is 425 g/mol. The Bertz CT molecular complexity index is 1350. The maximum atomic E-state index is 14.5. The summed E-state index contributed by atoms with van der Waals surface area (Å²) in [6, 6.07) is 3.37. The number of rotatable bonds is 2. The molecule has 5 rings (SSSR count). The number of nitrogens with zero attached hydrogens (tertiary/aromatic N) is 5. The zero-order valence-electron chi connectivity index (χ0n) is 16.2. The molecule has 4 aromatic heterocycles. The molecular weight excluding hydrogens is 407 g/mol. The Hall–Kier alpha value is -3.06. The number of halogens is 2. The molecule has 0 aliphatic carbocycles. The molecule has 5 heterocycles. The first-order chi connectivity index (χ1) is 14.0. The molecule has 6 nitrogen and oxygen atoms in total. The van der Waals surface area contributed by atoms with Crippen LogP contribution in [0.5, 0.6) is 0 Å². The number of aryl methyl sites for hydroxylation is 1. The van der Waals surface area contributed by atoms with E-state index in [1.165, 1.54) is 17.4 Å². The second-order valence-electron chi connectivity index (χ2n) is 7.61. The lowest BCUT2D eigenvalue weighted by Crippen LogP contribution is -2.29. The SMILES string of the molecule is Cc1cn2cc(-c3cc4ncn(C5CCB(C#N)CC5)c(=O)c4s3)cc(F)c2n1.F. The van der Waals surface area contributed by atoms with Gasteiger partial charge in [0.2, 0.25) is 0 Å². The minimum atomic E-state index is -0.396. The van der Waals surface area contributed by atoms with Crippen molar-refractivity contribution in [2.75, 3.05) is 0 Å². The smallest absolute Gasteiger partial charge is 0.271 e. The van der Waals surface area contributed by atoms with Gasteiger partial charge in [0.1, 0.15) is 4.70 Å². The summed E-state index contributed by atoms with van der Waals surface area (Å²) in [5.41, 5.74) is 2.29. The highest BCUT2D eigenvalue weighted by molar-refractivity contribution is 7.22. The molecule has 0 radical (unpaired) electrons. The Kier molecular flexibility index (Phi) is 5.16. The summed E-state index contributed by atoms with van der Waals surface area (Å²) in [7, 11) is 0. The van der Waals surface area contributed by atoms with Crippen LogP contribution in [0.3, 0.4) is 0 Å². The van der Waals surface area contributed by atoms with Crippen molar-refractivity contribution in [3.8, 4) is 16.4 Å². The molecule has 0 aromatic carbocycles. The number of aromatic nitrogens is 4. The summed E-state index contributed by atoms with van der Waals surface area (Å²) in [5.74, 6) is 1.93. The molecule has 1 saturated heterocycles. The van der Waals surface area contributed by atoms with Gasteiger partial charge in [0.25, 0.3) is 12.3 Å². The normalized spacial score (nSPS) is 14.8. The van der Waals surface area contributed by atoms with Crippen LogP contribution in [0, 0.1) is 24.0 Å². The van der Waals surface area contributed by atoms with Crippen molar-refractivity contribution in [1.82, 2.24) is 18.9 Å². The first-order valence-corrected chi connectivity index (χ1v) is 10.4. The molecule has 0 bridgehead atoms. The van der Waals surface area contributed by atoms with Crippen molar-refractivity contribution in [3.63, 3.8) is 0 Å². The Labute approximate surface area is 175 Å². The molecule has 0 N–H and O–H groups in total. The summed E-state index contributed by atoms with van der Waals surface area (Å²) in [5, 5.41) is 9.08. The lowest BCUT2D eigenvalue weighted by molar-refractivity contribution is 0.440. The predicted molar refractivity (Wildman–Crippen MR) is 115 cm³/mol. The van der Waals surface area contributed by atoms with Gasteiger partial charge in [-0.2, -0.15) is 0 Å². The van der Waals surface area contributed by atoms with E-state index < -0.39 is 5.82 Å². The Balaban J connectivity index is 0.00000218. The quantitative estimate of drug-likeness (QED) is 0.450.